The number of anilines is 1. The Morgan fingerprint density at radius 2 is 1.73 bits per heavy atom. The molecule has 0 atom stereocenters. The van der Waals surface area contributed by atoms with Crippen LogP contribution in [0.3, 0.4) is 0 Å². The highest BCUT2D eigenvalue weighted by Gasteiger charge is 2.34. The van der Waals surface area contributed by atoms with Crippen LogP contribution in [0.1, 0.15) is 11.1 Å². The molecular formula is C31H24Cl2N2O5S. The monoisotopic (exact) mass is 606 g/mol. The molecule has 10 heteroatoms. The molecule has 4 aromatic carbocycles. The smallest absolute Gasteiger partial charge is 0.293 e. The molecule has 0 saturated carbocycles. The number of hydrogen-bond donors (Lipinski definition) is 1. The summed E-state index contributed by atoms with van der Waals surface area (Å²) in [5.74, 6) is 0.230. The number of thioether (sulfide) groups is 1. The van der Waals surface area contributed by atoms with Crippen LogP contribution >= 0.6 is 35.0 Å². The van der Waals surface area contributed by atoms with Gasteiger partial charge in [-0.3, -0.25) is 19.3 Å². The number of benzene rings is 4. The first-order valence-corrected chi connectivity index (χ1v) is 14.2. The van der Waals surface area contributed by atoms with E-state index in [9.17, 15) is 14.4 Å². The first-order chi connectivity index (χ1) is 19.8. The Morgan fingerprint density at radius 3 is 2.54 bits per heavy atom. The minimum Gasteiger partial charge on any atom is -0.491 e. The molecule has 0 aliphatic carbocycles. The largest absolute Gasteiger partial charge is 0.491 e. The predicted octanol–water partition coefficient (Wildman–Crippen LogP) is 7.59. The Labute approximate surface area is 251 Å². The van der Waals surface area contributed by atoms with Gasteiger partial charge in [0.1, 0.15) is 18.1 Å². The van der Waals surface area contributed by atoms with Gasteiger partial charge in [0.25, 0.3) is 17.1 Å². The lowest BCUT2D eigenvalue weighted by Gasteiger charge is -2.14. The van der Waals surface area contributed by atoms with Gasteiger partial charge in [0.15, 0.2) is 6.61 Å². The summed E-state index contributed by atoms with van der Waals surface area (Å²) in [5.41, 5.74) is 2.08. The van der Waals surface area contributed by atoms with Gasteiger partial charge in [-0.15, -0.1) is 0 Å². The molecular weight excluding hydrogens is 583 g/mol. The molecule has 4 aromatic rings. The first kappa shape index (κ1) is 28.5. The summed E-state index contributed by atoms with van der Waals surface area (Å²) in [6.45, 7) is 1.90. The molecule has 1 aliphatic rings. The number of hydrogen-bond acceptors (Lipinski definition) is 6. The predicted molar refractivity (Wildman–Crippen MR) is 164 cm³/mol. The van der Waals surface area contributed by atoms with Crippen molar-refractivity contribution in [3.63, 3.8) is 0 Å². The summed E-state index contributed by atoms with van der Waals surface area (Å²) in [6.07, 6.45) is 1.60. The quantitative estimate of drug-likeness (QED) is 0.198. The van der Waals surface area contributed by atoms with Crippen LogP contribution in [0.25, 0.3) is 16.8 Å². The lowest BCUT2D eigenvalue weighted by molar-refractivity contribution is -0.123. The van der Waals surface area contributed by atoms with E-state index in [0.29, 0.717) is 27.8 Å². The van der Waals surface area contributed by atoms with Gasteiger partial charge in [0, 0.05) is 16.1 Å². The van der Waals surface area contributed by atoms with Crippen LogP contribution in [-0.4, -0.2) is 41.7 Å². The Balaban J connectivity index is 1.16. The molecule has 0 bridgehead atoms. The molecule has 7 nitrogen and oxygen atoms in total. The number of carbonyl (C=O) groups excluding carboxylic acids is 3. The highest BCUT2D eigenvalue weighted by atomic mass is 35.5. The summed E-state index contributed by atoms with van der Waals surface area (Å²) >= 11 is 13.3. The summed E-state index contributed by atoms with van der Waals surface area (Å²) in [5, 5.41) is 5.17. The number of rotatable bonds is 9. The van der Waals surface area contributed by atoms with Crippen LogP contribution in [-0.2, 0) is 9.59 Å². The fourth-order valence-electron chi connectivity index (χ4n) is 4.15. The molecule has 1 saturated heterocycles. The zero-order valence-corrected chi connectivity index (χ0v) is 24.2. The van der Waals surface area contributed by atoms with E-state index in [1.165, 1.54) is 4.90 Å². The Bertz CT molecular complexity index is 1690. The summed E-state index contributed by atoms with van der Waals surface area (Å²) in [4.78, 5) is 39.2. The number of halogens is 2. The SMILES string of the molecule is Cc1ccc(NC(=O)COc2ccc(/C=C3\SC(=O)N(CCOc4cccc5ccccc45)C3=O)cc2Cl)cc1Cl. The van der Waals surface area contributed by atoms with Crippen molar-refractivity contribution in [2.24, 2.45) is 0 Å². The number of ether oxygens (including phenoxy) is 2. The molecule has 0 radical (unpaired) electrons. The lowest BCUT2D eigenvalue weighted by atomic mass is 10.1. The van der Waals surface area contributed by atoms with Crippen molar-refractivity contribution in [3.05, 3.63) is 105 Å². The Kier molecular flexibility index (Phi) is 8.83. The van der Waals surface area contributed by atoms with Crippen LogP contribution < -0.4 is 14.8 Å². The molecule has 3 amide bonds. The zero-order valence-electron chi connectivity index (χ0n) is 21.9. The van der Waals surface area contributed by atoms with Crippen LogP contribution in [0.2, 0.25) is 10.0 Å². The van der Waals surface area contributed by atoms with Gasteiger partial charge in [-0.25, -0.2) is 0 Å². The van der Waals surface area contributed by atoms with Crippen molar-refractivity contribution in [1.82, 2.24) is 4.90 Å². The summed E-state index contributed by atoms with van der Waals surface area (Å²) in [7, 11) is 0. The van der Waals surface area contributed by atoms with Crippen LogP contribution in [0.4, 0.5) is 10.5 Å². The van der Waals surface area contributed by atoms with E-state index in [-0.39, 0.29) is 40.8 Å². The highest BCUT2D eigenvalue weighted by molar-refractivity contribution is 8.18. The van der Waals surface area contributed by atoms with Gasteiger partial charge in [0.2, 0.25) is 0 Å². The Hall–Kier alpha value is -3.98. The molecule has 1 heterocycles. The van der Waals surface area contributed by atoms with Gasteiger partial charge in [-0.1, -0.05) is 71.7 Å². The third-order valence-corrected chi connectivity index (χ3v) is 7.87. The zero-order chi connectivity index (χ0) is 28.9. The maximum Gasteiger partial charge on any atom is 0.293 e. The van der Waals surface area contributed by atoms with Crippen LogP contribution in [0, 0.1) is 6.92 Å². The van der Waals surface area contributed by atoms with Gasteiger partial charge in [-0.2, -0.15) is 0 Å². The maximum absolute atomic E-state index is 12.9. The van der Waals surface area contributed by atoms with Gasteiger partial charge >= 0.3 is 0 Å². The second kappa shape index (κ2) is 12.7. The number of imide groups is 1. The number of aryl methyl sites for hydroxylation is 1. The van der Waals surface area contributed by atoms with E-state index < -0.39 is 5.91 Å². The molecule has 208 valence electrons. The van der Waals surface area contributed by atoms with Crippen molar-refractivity contribution in [2.45, 2.75) is 6.92 Å². The summed E-state index contributed by atoms with van der Waals surface area (Å²) in [6, 6.07) is 23.7. The van der Waals surface area contributed by atoms with E-state index in [1.807, 2.05) is 55.5 Å². The first-order valence-electron chi connectivity index (χ1n) is 12.6. The van der Waals surface area contributed by atoms with Crippen molar-refractivity contribution in [2.75, 3.05) is 25.1 Å². The van der Waals surface area contributed by atoms with E-state index in [0.717, 1.165) is 28.1 Å². The third kappa shape index (κ3) is 6.85. The van der Waals surface area contributed by atoms with E-state index in [2.05, 4.69) is 5.32 Å². The van der Waals surface area contributed by atoms with Crippen molar-refractivity contribution < 1.29 is 23.9 Å². The third-order valence-electron chi connectivity index (χ3n) is 6.26. The Morgan fingerprint density at radius 1 is 0.927 bits per heavy atom. The van der Waals surface area contributed by atoms with Gasteiger partial charge in [-0.05, 0) is 71.6 Å². The molecule has 41 heavy (non-hydrogen) atoms. The normalized spacial score (nSPS) is 14.1. The van der Waals surface area contributed by atoms with Gasteiger partial charge in [0.05, 0.1) is 16.5 Å². The average molecular weight is 608 g/mol. The maximum atomic E-state index is 12.9. The molecule has 0 spiro atoms. The summed E-state index contributed by atoms with van der Waals surface area (Å²) < 4.78 is 11.5. The average Bonchev–Trinajstić information content (AvgIpc) is 3.22. The fourth-order valence-corrected chi connectivity index (χ4v) is 5.44. The standard InChI is InChI=1S/C31H24Cl2N2O5S/c1-19-9-11-22(17-24(19)32)34-29(36)18-40-27-12-10-20(15-25(27)33)16-28-30(37)35(31(38)41-28)13-14-39-26-8-4-6-21-5-2-3-7-23(21)26/h2-12,15-17H,13-14,18H2,1H3,(H,34,36)/b28-16-. The molecule has 1 aliphatic heterocycles. The number of nitrogens with one attached hydrogen (secondary N) is 1. The van der Waals surface area contributed by atoms with E-state index in [1.54, 1.807) is 36.4 Å². The second-order valence-electron chi connectivity index (χ2n) is 9.15. The fraction of sp³-hybridized carbons (Fsp3) is 0.129. The lowest BCUT2D eigenvalue weighted by Crippen LogP contribution is -2.32. The molecule has 0 unspecified atom stereocenters. The van der Waals surface area contributed by atoms with E-state index >= 15 is 0 Å². The van der Waals surface area contributed by atoms with Gasteiger partial charge < -0.3 is 14.8 Å². The minimum absolute atomic E-state index is 0.121. The minimum atomic E-state index is -0.397. The van der Waals surface area contributed by atoms with Crippen molar-refractivity contribution >= 4 is 74.6 Å². The number of amides is 3. The molecule has 0 aromatic heterocycles. The number of carbonyl (C=O) groups is 3. The number of fused-ring (bicyclic) bond motifs is 1. The van der Waals surface area contributed by atoms with Crippen LogP contribution in [0.5, 0.6) is 11.5 Å². The van der Waals surface area contributed by atoms with Crippen molar-refractivity contribution in [1.29, 1.82) is 0 Å². The van der Waals surface area contributed by atoms with Crippen LogP contribution in [0.15, 0.2) is 83.8 Å². The molecule has 1 fully saturated rings. The second-order valence-corrected chi connectivity index (χ2v) is 11.0. The van der Waals surface area contributed by atoms with E-state index in [4.69, 9.17) is 32.7 Å². The number of nitrogens with zero attached hydrogens (tertiary/aromatic N) is 1. The molecule has 5 rings (SSSR count). The van der Waals surface area contributed by atoms with Crippen molar-refractivity contribution in [3.8, 4) is 11.5 Å². The highest BCUT2D eigenvalue weighted by Crippen LogP contribution is 2.34. The molecule has 1 N–H and O–H groups in total. The topological polar surface area (TPSA) is 84.9 Å².